The largest absolute Gasteiger partial charge is 0.497 e. The third-order valence-corrected chi connectivity index (χ3v) is 4.79. The van der Waals surface area contributed by atoms with Crippen molar-refractivity contribution in [2.24, 2.45) is 0 Å². The Hall–Kier alpha value is -3.64. The van der Waals surface area contributed by atoms with Crippen LogP contribution in [0.25, 0.3) is 10.9 Å². The van der Waals surface area contributed by atoms with Crippen molar-refractivity contribution in [3.8, 4) is 5.75 Å². The first-order chi connectivity index (χ1) is 14.7. The van der Waals surface area contributed by atoms with Gasteiger partial charge in [0.1, 0.15) is 11.6 Å². The molecule has 0 fully saturated rings. The fraction of sp³-hybridized carbons (Fsp3) is 0.167. The Morgan fingerprint density at radius 2 is 1.53 bits per heavy atom. The number of hydrogen-bond acceptors (Lipinski definition) is 6. The number of anilines is 4. The van der Waals surface area contributed by atoms with E-state index in [0.29, 0.717) is 5.95 Å². The molecule has 6 heteroatoms. The molecule has 0 amide bonds. The molecule has 4 rings (SSSR count). The minimum absolute atomic E-state index is 0.203. The van der Waals surface area contributed by atoms with Crippen molar-refractivity contribution in [3.05, 3.63) is 78.4 Å². The molecule has 0 aliphatic heterocycles. The molecule has 0 radical (unpaired) electrons. The summed E-state index contributed by atoms with van der Waals surface area (Å²) in [6, 6.07) is 23.7. The molecule has 1 aromatic heterocycles. The Labute approximate surface area is 175 Å². The molecule has 0 bridgehead atoms. The van der Waals surface area contributed by atoms with Gasteiger partial charge in [0.25, 0.3) is 0 Å². The Bertz CT molecular complexity index is 1110. The third-order valence-electron chi connectivity index (χ3n) is 4.79. The summed E-state index contributed by atoms with van der Waals surface area (Å²) in [7, 11) is 1.65. The number of rotatable bonds is 8. The smallest absolute Gasteiger partial charge is 0.229 e. The van der Waals surface area contributed by atoms with Gasteiger partial charge < -0.3 is 20.5 Å². The average molecular weight is 400 g/mol. The van der Waals surface area contributed by atoms with E-state index in [-0.39, 0.29) is 6.61 Å². The van der Waals surface area contributed by atoms with Gasteiger partial charge in [-0.05, 0) is 66.9 Å². The predicted octanol–water partition coefficient (Wildman–Crippen LogP) is 5.05. The number of benzene rings is 3. The van der Waals surface area contributed by atoms with E-state index < -0.39 is 0 Å². The van der Waals surface area contributed by atoms with Crippen LogP contribution in [0.1, 0.15) is 12.0 Å². The Morgan fingerprint density at radius 3 is 2.27 bits per heavy atom. The lowest BCUT2D eigenvalue weighted by Crippen LogP contribution is -2.02. The third kappa shape index (κ3) is 4.67. The Kier molecular flexibility index (Phi) is 6.06. The molecule has 152 valence electrons. The highest BCUT2D eigenvalue weighted by atomic mass is 16.5. The standard InChI is InChI=1S/C24H24N4O2/c1-30-20-14-12-18(13-15-20)25-23-21-6-2-3-7-22(21)27-24(28-23)26-19-10-8-17(9-11-19)5-4-16-29/h2-3,6-15,29H,4-5,16H2,1H3,(H2,25,26,27,28). The first-order valence-electron chi connectivity index (χ1n) is 9.90. The van der Waals surface area contributed by atoms with E-state index >= 15 is 0 Å². The van der Waals surface area contributed by atoms with Gasteiger partial charge in [0.15, 0.2) is 0 Å². The number of methoxy groups -OCH3 is 1. The van der Waals surface area contributed by atoms with E-state index in [4.69, 9.17) is 14.8 Å². The van der Waals surface area contributed by atoms with Crippen molar-refractivity contribution in [2.45, 2.75) is 12.8 Å². The van der Waals surface area contributed by atoms with E-state index in [0.717, 1.165) is 46.7 Å². The zero-order valence-corrected chi connectivity index (χ0v) is 16.8. The first-order valence-corrected chi connectivity index (χ1v) is 9.90. The van der Waals surface area contributed by atoms with Gasteiger partial charge >= 0.3 is 0 Å². The van der Waals surface area contributed by atoms with Gasteiger partial charge in [-0.15, -0.1) is 0 Å². The molecule has 0 unspecified atom stereocenters. The fourth-order valence-electron chi connectivity index (χ4n) is 3.21. The van der Waals surface area contributed by atoms with Crippen LogP contribution in [0.5, 0.6) is 5.75 Å². The van der Waals surface area contributed by atoms with Crippen LogP contribution in [-0.2, 0) is 6.42 Å². The van der Waals surface area contributed by atoms with E-state index in [9.17, 15) is 0 Å². The van der Waals surface area contributed by atoms with E-state index in [1.165, 1.54) is 5.56 Å². The summed E-state index contributed by atoms with van der Waals surface area (Å²) in [6.45, 7) is 0.203. The van der Waals surface area contributed by atoms with Gasteiger partial charge in [0, 0.05) is 23.4 Å². The van der Waals surface area contributed by atoms with Crippen LogP contribution in [-0.4, -0.2) is 28.8 Å². The summed E-state index contributed by atoms with van der Waals surface area (Å²) in [5, 5.41) is 16.6. The molecular formula is C24H24N4O2. The second kappa shape index (κ2) is 9.24. The van der Waals surface area contributed by atoms with Gasteiger partial charge in [-0.25, -0.2) is 4.98 Å². The predicted molar refractivity (Wildman–Crippen MR) is 121 cm³/mol. The summed E-state index contributed by atoms with van der Waals surface area (Å²) >= 11 is 0. The highest BCUT2D eigenvalue weighted by molar-refractivity contribution is 5.92. The van der Waals surface area contributed by atoms with Gasteiger partial charge in [-0.1, -0.05) is 24.3 Å². The fourth-order valence-corrected chi connectivity index (χ4v) is 3.21. The maximum atomic E-state index is 8.98. The van der Waals surface area contributed by atoms with Crippen LogP contribution in [0.4, 0.5) is 23.1 Å². The van der Waals surface area contributed by atoms with Crippen LogP contribution in [0, 0.1) is 0 Å². The summed E-state index contributed by atoms with van der Waals surface area (Å²) in [6.07, 6.45) is 1.63. The number of aryl methyl sites for hydroxylation is 1. The Balaban J connectivity index is 1.60. The topological polar surface area (TPSA) is 79.3 Å². The molecule has 1 heterocycles. The van der Waals surface area contributed by atoms with Gasteiger partial charge in [0.05, 0.1) is 12.6 Å². The molecule has 3 aromatic carbocycles. The minimum atomic E-state index is 0.203. The molecule has 0 spiro atoms. The van der Waals surface area contributed by atoms with Crippen LogP contribution >= 0.6 is 0 Å². The number of para-hydroxylation sites is 1. The van der Waals surface area contributed by atoms with Crippen molar-refractivity contribution in [2.75, 3.05) is 24.4 Å². The van der Waals surface area contributed by atoms with Crippen LogP contribution in [0.2, 0.25) is 0 Å². The maximum absolute atomic E-state index is 8.98. The number of nitrogens with zero attached hydrogens (tertiary/aromatic N) is 2. The van der Waals surface area contributed by atoms with Gasteiger partial charge in [0.2, 0.25) is 5.95 Å². The number of hydrogen-bond donors (Lipinski definition) is 3. The summed E-state index contributed by atoms with van der Waals surface area (Å²) in [4.78, 5) is 9.37. The molecule has 0 atom stereocenters. The highest BCUT2D eigenvalue weighted by Gasteiger charge is 2.09. The molecule has 30 heavy (non-hydrogen) atoms. The number of ether oxygens (including phenoxy) is 1. The number of nitrogens with one attached hydrogen (secondary N) is 2. The van der Waals surface area contributed by atoms with Crippen molar-refractivity contribution in [1.82, 2.24) is 9.97 Å². The summed E-state index contributed by atoms with van der Waals surface area (Å²) in [5.74, 6) is 2.05. The number of aromatic nitrogens is 2. The molecule has 0 aliphatic carbocycles. The number of aliphatic hydroxyl groups excluding tert-OH is 1. The monoisotopic (exact) mass is 400 g/mol. The molecule has 4 aromatic rings. The zero-order chi connectivity index (χ0) is 20.8. The lowest BCUT2D eigenvalue weighted by molar-refractivity contribution is 0.288. The van der Waals surface area contributed by atoms with E-state index in [2.05, 4.69) is 27.8 Å². The average Bonchev–Trinajstić information content (AvgIpc) is 2.79. The van der Waals surface area contributed by atoms with Crippen LogP contribution < -0.4 is 15.4 Å². The number of aliphatic hydroxyl groups is 1. The van der Waals surface area contributed by atoms with Crippen LogP contribution in [0.15, 0.2) is 72.8 Å². The lowest BCUT2D eigenvalue weighted by atomic mass is 10.1. The molecule has 6 nitrogen and oxygen atoms in total. The van der Waals surface area contributed by atoms with Crippen molar-refractivity contribution in [1.29, 1.82) is 0 Å². The lowest BCUT2D eigenvalue weighted by Gasteiger charge is -2.12. The van der Waals surface area contributed by atoms with Crippen molar-refractivity contribution >= 4 is 34.0 Å². The zero-order valence-electron chi connectivity index (χ0n) is 16.8. The summed E-state index contributed by atoms with van der Waals surface area (Å²) < 4.78 is 5.23. The second-order valence-electron chi connectivity index (χ2n) is 6.92. The van der Waals surface area contributed by atoms with E-state index in [1.54, 1.807) is 7.11 Å². The van der Waals surface area contributed by atoms with Gasteiger partial charge in [-0.3, -0.25) is 0 Å². The van der Waals surface area contributed by atoms with Crippen molar-refractivity contribution in [3.63, 3.8) is 0 Å². The maximum Gasteiger partial charge on any atom is 0.229 e. The molecule has 3 N–H and O–H groups in total. The normalized spacial score (nSPS) is 10.7. The second-order valence-corrected chi connectivity index (χ2v) is 6.92. The first kappa shape index (κ1) is 19.7. The molecular weight excluding hydrogens is 376 g/mol. The molecule has 0 saturated heterocycles. The highest BCUT2D eigenvalue weighted by Crippen LogP contribution is 2.27. The molecule has 0 aliphatic rings. The van der Waals surface area contributed by atoms with Crippen LogP contribution in [0.3, 0.4) is 0 Å². The quantitative estimate of drug-likeness (QED) is 0.384. The minimum Gasteiger partial charge on any atom is -0.497 e. The van der Waals surface area contributed by atoms with Crippen molar-refractivity contribution < 1.29 is 9.84 Å². The summed E-state index contributed by atoms with van der Waals surface area (Å²) in [5.41, 5.74) is 3.87. The SMILES string of the molecule is COc1ccc(Nc2nc(Nc3ccc(CCCO)cc3)nc3ccccc23)cc1. The van der Waals surface area contributed by atoms with Gasteiger partial charge in [-0.2, -0.15) is 4.98 Å². The Morgan fingerprint density at radius 1 is 0.833 bits per heavy atom. The molecule has 0 saturated carbocycles. The van der Waals surface area contributed by atoms with E-state index in [1.807, 2.05) is 60.7 Å². The number of fused-ring (bicyclic) bond motifs is 1.